The molecular weight excluding hydrogens is 515 g/mol. The van der Waals surface area contributed by atoms with E-state index in [9.17, 15) is 0 Å². The van der Waals surface area contributed by atoms with Gasteiger partial charge in [0.1, 0.15) is 5.75 Å². The summed E-state index contributed by atoms with van der Waals surface area (Å²) < 4.78 is 7.18. The van der Waals surface area contributed by atoms with Gasteiger partial charge >= 0.3 is 0 Å². The quantitative estimate of drug-likeness (QED) is 0.297. The molecule has 1 aromatic carbocycles. The Morgan fingerprint density at radius 3 is 2.41 bits per heavy atom. The third-order valence-corrected chi connectivity index (χ3v) is 6.23. The van der Waals surface area contributed by atoms with E-state index in [0.29, 0.717) is 12.5 Å². The molecule has 8 heteroatoms. The summed E-state index contributed by atoms with van der Waals surface area (Å²) in [6.07, 6.45) is 2.42. The van der Waals surface area contributed by atoms with Gasteiger partial charge in [-0.3, -0.25) is 9.58 Å². The number of rotatable bonds is 8. The normalized spacial score (nSPS) is 15.3. The standard InChI is InChI=1S/C24H38N6O.HI/c1-6-25-24(27-16-23-18(2)28-29(4)19(23)3)26-15-20-11-13-30(14-12-20)17-21-7-9-22(31-5)10-8-21;/h7-10,20H,6,11-17H2,1-5H3,(H2,25,26,27);1H. The number of nitrogens with one attached hydrogen (secondary N) is 2. The number of hydrogen-bond donors (Lipinski definition) is 2. The van der Waals surface area contributed by atoms with Crippen molar-refractivity contribution in [2.24, 2.45) is 18.0 Å². The van der Waals surface area contributed by atoms with Crippen LogP contribution >= 0.6 is 24.0 Å². The van der Waals surface area contributed by atoms with Crippen molar-refractivity contribution < 1.29 is 4.74 Å². The van der Waals surface area contributed by atoms with Gasteiger partial charge in [0, 0.05) is 37.9 Å². The Hall–Kier alpha value is -1.81. The van der Waals surface area contributed by atoms with Crippen LogP contribution < -0.4 is 15.4 Å². The molecule has 32 heavy (non-hydrogen) atoms. The summed E-state index contributed by atoms with van der Waals surface area (Å²) in [4.78, 5) is 7.36. The van der Waals surface area contributed by atoms with Crippen molar-refractivity contribution in [1.82, 2.24) is 25.3 Å². The molecule has 0 unspecified atom stereocenters. The first kappa shape index (κ1) is 26.4. The smallest absolute Gasteiger partial charge is 0.191 e. The number of aryl methyl sites for hydroxylation is 2. The van der Waals surface area contributed by atoms with Gasteiger partial charge in [0.05, 0.1) is 19.3 Å². The highest BCUT2D eigenvalue weighted by molar-refractivity contribution is 14.0. The number of aliphatic imine (C=N–C) groups is 1. The van der Waals surface area contributed by atoms with Gasteiger partial charge in [-0.2, -0.15) is 5.10 Å². The fourth-order valence-corrected chi connectivity index (χ4v) is 4.12. The molecule has 2 aromatic rings. The number of aromatic nitrogens is 2. The Kier molecular flexibility index (Phi) is 10.8. The number of guanidine groups is 1. The molecule has 2 heterocycles. The highest BCUT2D eigenvalue weighted by atomic mass is 127. The Morgan fingerprint density at radius 2 is 1.84 bits per heavy atom. The van der Waals surface area contributed by atoms with Crippen LogP contribution in [0.5, 0.6) is 5.75 Å². The van der Waals surface area contributed by atoms with Gasteiger partial charge in [-0.15, -0.1) is 24.0 Å². The fourth-order valence-electron chi connectivity index (χ4n) is 4.12. The van der Waals surface area contributed by atoms with Crippen molar-refractivity contribution in [1.29, 1.82) is 0 Å². The lowest BCUT2D eigenvalue weighted by atomic mass is 9.96. The van der Waals surface area contributed by atoms with Crippen LogP contribution in [-0.2, 0) is 20.1 Å². The highest BCUT2D eigenvalue weighted by Gasteiger charge is 2.19. The minimum atomic E-state index is 0. The highest BCUT2D eigenvalue weighted by Crippen LogP contribution is 2.20. The summed E-state index contributed by atoms with van der Waals surface area (Å²) in [5.41, 5.74) is 4.80. The molecule has 178 valence electrons. The molecule has 1 fully saturated rings. The third-order valence-electron chi connectivity index (χ3n) is 6.23. The van der Waals surface area contributed by atoms with E-state index < -0.39 is 0 Å². The summed E-state index contributed by atoms with van der Waals surface area (Å²) >= 11 is 0. The number of piperidine rings is 1. The van der Waals surface area contributed by atoms with Crippen LogP contribution in [0.3, 0.4) is 0 Å². The van der Waals surface area contributed by atoms with Gasteiger partial charge in [-0.1, -0.05) is 12.1 Å². The summed E-state index contributed by atoms with van der Waals surface area (Å²) in [5.74, 6) is 2.49. The molecule has 0 aliphatic carbocycles. The molecule has 0 bridgehead atoms. The van der Waals surface area contributed by atoms with E-state index in [2.05, 4.69) is 53.5 Å². The van der Waals surface area contributed by atoms with Crippen LogP contribution in [0.15, 0.2) is 29.3 Å². The van der Waals surface area contributed by atoms with E-state index in [1.54, 1.807) is 7.11 Å². The molecule has 0 amide bonds. The first-order valence-electron chi connectivity index (χ1n) is 11.4. The van der Waals surface area contributed by atoms with Crippen molar-refractivity contribution >= 4 is 29.9 Å². The Morgan fingerprint density at radius 1 is 1.16 bits per heavy atom. The second-order valence-corrected chi connectivity index (χ2v) is 8.42. The van der Waals surface area contributed by atoms with Crippen molar-refractivity contribution in [3.8, 4) is 5.75 Å². The lowest BCUT2D eigenvalue weighted by molar-refractivity contribution is 0.178. The van der Waals surface area contributed by atoms with E-state index in [1.807, 2.05) is 23.9 Å². The third kappa shape index (κ3) is 7.37. The summed E-state index contributed by atoms with van der Waals surface area (Å²) in [6, 6.07) is 8.42. The lowest BCUT2D eigenvalue weighted by Gasteiger charge is -2.32. The number of hydrogen-bond acceptors (Lipinski definition) is 4. The number of nitrogens with zero attached hydrogens (tertiary/aromatic N) is 4. The molecule has 7 nitrogen and oxygen atoms in total. The Bertz CT molecular complexity index is 856. The molecule has 0 radical (unpaired) electrons. The number of halogens is 1. The van der Waals surface area contributed by atoms with Crippen LogP contribution in [-0.4, -0.2) is 53.9 Å². The van der Waals surface area contributed by atoms with Crippen LogP contribution in [0.2, 0.25) is 0 Å². The van der Waals surface area contributed by atoms with Gasteiger partial charge in [0.25, 0.3) is 0 Å². The number of benzene rings is 1. The first-order chi connectivity index (χ1) is 15.0. The zero-order chi connectivity index (χ0) is 22.2. The van der Waals surface area contributed by atoms with Crippen LogP contribution in [0, 0.1) is 19.8 Å². The van der Waals surface area contributed by atoms with Crippen LogP contribution in [0.4, 0.5) is 0 Å². The van der Waals surface area contributed by atoms with Crippen molar-refractivity contribution in [2.75, 3.05) is 33.3 Å². The zero-order valence-corrected chi connectivity index (χ0v) is 22.5. The topological polar surface area (TPSA) is 66.7 Å². The second kappa shape index (κ2) is 13.0. The molecule has 1 saturated heterocycles. The van der Waals surface area contributed by atoms with E-state index in [-0.39, 0.29) is 24.0 Å². The van der Waals surface area contributed by atoms with E-state index >= 15 is 0 Å². The average Bonchev–Trinajstić information content (AvgIpc) is 3.02. The number of methoxy groups -OCH3 is 1. The molecule has 0 atom stereocenters. The molecule has 1 aliphatic heterocycles. The minimum Gasteiger partial charge on any atom is -0.497 e. The number of likely N-dealkylation sites (tertiary alicyclic amines) is 1. The molecule has 1 aromatic heterocycles. The maximum atomic E-state index is 5.25. The first-order valence-corrected chi connectivity index (χ1v) is 11.4. The summed E-state index contributed by atoms with van der Waals surface area (Å²) in [7, 11) is 3.70. The van der Waals surface area contributed by atoms with Crippen molar-refractivity contribution in [3.05, 3.63) is 46.8 Å². The molecule has 3 rings (SSSR count). The minimum absolute atomic E-state index is 0. The van der Waals surface area contributed by atoms with Gasteiger partial charge < -0.3 is 15.4 Å². The number of ether oxygens (including phenoxy) is 1. The van der Waals surface area contributed by atoms with Crippen molar-refractivity contribution in [3.63, 3.8) is 0 Å². The zero-order valence-electron chi connectivity index (χ0n) is 20.1. The Labute approximate surface area is 210 Å². The summed E-state index contributed by atoms with van der Waals surface area (Å²) in [5, 5.41) is 11.4. The predicted molar refractivity (Wildman–Crippen MR) is 142 cm³/mol. The van der Waals surface area contributed by atoms with Gasteiger partial charge in [0.15, 0.2) is 5.96 Å². The second-order valence-electron chi connectivity index (χ2n) is 8.42. The largest absolute Gasteiger partial charge is 0.497 e. The van der Waals surface area contributed by atoms with Crippen LogP contribution in [0.25, 0.3) is 0 Å². The van der Waals surface area contributed by atoms with E-state index in [0.717, 1.165) is 50.1 Å². The maximum absolute atomic E-state index is 5.25. The SMILES string of the molecule is CCNC(=NCc1c(C)nn(C)c1C)NCC1CCN(Cc2ccc(OC)cc2)CC1.I. The monoisotopic (exact) mass is 554 g/mol. The van der Waals surface area contributed by atoms with Gasteiger partial charge in [-0.25, -0.2) is 4.99 Å². The van der Waals surface area contributed by atoms with E-state index in [4.69, 9.17) is 9.73 Å². The summed E-state index contributed by atoms with van der Waals surface area (Å²) in [6.45, 7) is 12.0. The predicted octanol–water partition coefficient (Wildman–Crippen LogP) is 3.63. The molecule has 0 spiro atoms. The molecule has 0 saturated carbocycles. The Balaban J connectivity index is 0.00000363. The molecular formula is C24H39IN6O. The van der Waals surface area contributed by atoms with E-state index in [1.165, 1.54) is 29.7 Å². The van der Waals surface area contributed by atoms with Crippen LogP contribution in [0.1, 0.15) is 42.3 Å². The molecule has 1 aliphatic rings. The van der Waals surface area contributed by atoms with Crippen molar-refractivity contribution in [2.45, 2.75) is 46.7 Å². The van der Waals surface area contributed by atoms with Gasteiger partial charge in [0.2, 0.25) is 0 Å². The maximum Gasteiger partial charge on any atom is 0.191 e. The average molecular weight is 555 g/mol. The lowest BCUT2D eigenvalue weighted by Crippen LogP contribution is -2.42. The molecule has 2 N–H and O–H groups in total. The van der Waals surface area contributed by atoms with Gasteiger partial charge in [-0.05, 0) is 70.3 Å². The fraction of sp³-hybridized carbons (Fsp3) is 0.583.